The molecule has 6 nitrogen and oxygen atoms in total. The number of hydrogen-bond acceptors (Lipinski definition) is 4. The average Bonchev–Trinajstić information content (AvgIpc) is 2.78. The van der Waals surface area contributed by atoms with Gasteiger partial charge >= 0.3 is 0 Å². The lowest BCUT2D eigenvalue weighted by molar-refractivity contribution is -0.0586. The molecule has 0 aliphatic carbocycles. The first kappa shape index (κ1) is 22.7. The van der Waals surface area contributed by atoms with E-state index in [0.29, 0.717) is 42.3 Å². The largest absolute Gasteiger partial charge is 0.372 e. The van der Waals surface area contributed by atoms with Gasteiger partial charge in [0.15, 0.2) is 0 Å². The highest BCUT2D eigenvalue weighted by Crippen LogP contribution is 2.31. The Morgan fingerprint density at radius 1 is 0.938 bits per heavy atom. The van der Waals surface area contributed by atoms with Crippen molar-refractivity contribution in [2.24, 2.45) is 0 Å². The molecule has 32 heavy (non-hydrogen) atoms. The Kier molecular flexibility index (Phi) is 6.82. The highest BCUT2D eigenvalue weighted by molar-refractivity contribution is 6.33. The number of rotatable bonds is 3. The van der Waals surface area contributed by atoms with Crippen LogP contribution in [0, 0.1) is 6.92 Å². The van der Waals surface area contributed by atoms with Crippen LogP contribution >= 0.6 is 11.6 Å². The topological polar surface area (TPSA) is 62.7 Å². The van der Waals surface area contributed by atoms with Crippen molar-refractivity contribution in [3.8, 4) is 0 Å². The van der Waals surface area contributed by atoms with E-state index in [2.05, 4.69) is 0 Å². The second-order valence-corrected chi connectivity index (χ2v) is 9.31. The van der Waals surface area contributed by atoms with E-state index in [1.54, 1.807) is 12.1 Å². The molecule has 0 radical (unpaired) electrons. The number of nitrogens with zero attached hydrogens (tertiary/aromatic N) is 3. The normalized spacial score (nSPS) is 22.1. The van der Waals surface area contributed by atoms with E-state index in [9.17, 15) is 9.59 Å². The lowest BCUT2D eigenvalue weighted by Gasteiger charge is -2.36. The van der Waals surface area contributed by atoms with Gasteiger partial charge in [-0.15, -0.1) is 0 Å². The van der Waals surface area contributed by atoms with Gasteiger partial charge in [0.2, 0.25) is 0 Å². The molecule has 2 saturated heterocycles. The molecule has 7 heteroatoms. The van der Waals surface area contributed by atoms with Crippen LogP contribution in [-0.2, 0) is 4.74 Å². The Balaban J connectivity index is 1.50. The van der Waals surface area contributed by atoms with Crippen molar-refractivity contribution < 1.29 is 14.3 Å². The monoisotopic (exact) mass is 455 g/mol. The summed E-state index contributed by atoms with van der Waals surface area (Å²) < 4.78 is 5.79. The first-order valence-electron chi connectivity index (χ1n) is 11.3. The zero-order chi connectivity index (χ0) is 22.8. The quantitative estimate of drug-likeness (QED) is 0.691. The van der Waals surface area contributed by atoms with Gasteiger partial charge in [-0.3, -0.25) is 14.6 Å². The molecule has 0 spiro atoms. The molecule has 1 aromatic heterocycles. The lowest BCUT2D eigenvalue weighted by Crippen LogP contribution is -2.48. The predicted molar refractivity (Wildman–Crippen MR) is 124 cm³/mol. The Labute approximate surface area is 194 Å². The Hall–Kier alpha value is -2.44. The maximum Gasteiger partial charge on any atom is 0.255 e. The standard InChI is InChI=1S/C25H30ClN3O3/c1-16-8-9-21(25(31)29-14-17(2)32-18(3)15-29)23(27-16)19-10-12-28(13-11-19)24(30)20-6-4-5-7-22(20)26/h4-9,17-19H,10-15H2,1-3H3/t17-,18-/m1/s1. The van der Waals surface area contributed by atoms with Crippen LogP contribution in [0.5, 0.6) is 0 Å². The third-order valence-corrected chi connectivity index (χ3v) is 6.60. The molecule has 0 saturated carbocycles. The summed E-state index contributed by atoms with van der Waals surface area (Å²) in [4.78, 5) is 34.8. The summed E-state index contributed by atoms with van der Waals surface area (Å²) in [6, 6.07) is 11.0. The zero-order valence-corrected chi connectivity index (χ0v) is 19.6. The summed E-state index contributed by atoms with van der Waals surface area (Å²) >= 11 is 6.22. The summed E-state index contributed by atoms with van der Waals surface area (Å²) in [5.41, 5.74) is 2.96. The highest BCUT2D eigenvalue weighted by atomic mass is 35.5. The lowest BCUT2D eigenvalue weighted by atomic mass is 9.89. The van der Waals surface area contributed by atoms with Gasteiger partial charge in [0.25, 0.3) is 11.8 Å². The molecule has 0 N–H and O–H groups in total. The third-order valence-electron chi connectivity index (χ3n) is 6.27. The second kappa shape index (κ2) is 9.59. The van der Waals surface area contributed by atoms with Crippen LogP contribution < -0.4 is 0 Å². The van der Waals surface area contributed by atoms with Gasteiger partial charge in [0.1, 0.15) is 0 Å². The first-order valence-corrected chi connectivity index (χ1v) is 11.7. The van der Waals surface area contributed by atoms with E-state index < -0.39 is 0 Å². The van der Waals surface area contributed by atoms with Crippen molar-refractivity contribution in [3.05, 3.63) is 63.9 Å². The molecular weight excluding hydrogens is 426 g/mol. The number of morpholine rings is 1. The average molecular weight is 456 g/mol. The van der Waals surface area contributed by atoms with Crippen LogP contribution in [-0.4, -0.2) is 65.0 Å². The van der Waals surface area contributed by atoms with E-state index in [0.717, 1.165) is 24.2 Å². The second-order valence-electron chi connectivity index (χ2n) is 8.90. The molecule has 0 unspecified atom stereocenters. The van der Waals surface area contributed by atoms with Gasteiger partial charge < -0.3 is 14.5 Å². The van der Waals surface area contributed by atoms with Gasteiger partial charge in [0, 0.05) is 37.8 Å². The molecule has 1 aromatic carbocycles. The number of benzene rings is 1. The number of aromatic nitrogens is 1. The Morgan fingerprint density at radius 2 is 1.56 bits per heavy atom. The molecule has 0 bridgehead atoms. The van der Waals surface area contributed by atoms with Crippen LogP contribution in [0.25, 0.3) is 0 Å². The minimum atomic E-state index is -0.0427. The molecule has 3 heterocycles. The van der Waals surface area contributed by atoms with Crippen molar-refractivity contribution in [2.45, 2.75) is 51.7 Å². The number of amides is 2. The molecular formula is C25H30ClN3O3. The number of hydrogen-bond donors (Lipinski definition) is 0. The molecule has 2 aromatic rings. The SMILES string of the molecule is Cc1ccc(C(=O)N2C[C@@H](C)O[C@H](C)C2)c(C2CCN(C(=O)c3ccccc3Cl)CC2)n1. The Bertz CT molecular complexity index is 994. The molecule has 2 amide bonds. The minimum Gasteiger partial charge on any atom is -0.372 e. The van der Waals surface area contributed by atoms with Crippen molar-refractivity contribution in [3.63, 3.8) is 0 Å². The zero-order valence-electron chi connectivity index (χ0n) is 18.9. The first-order chi connectivity index (χ1) is 15.3. The van der Waals surface area contributed by atoms with E-state index in [1.807, 2.05) is 54.8 Å². The molecule has 2 atom stereocenters. The van der Waals surface area contributed by atoms with Crippen molar-refractivity contribution >= 4 is 23.4 Å². The summed E-state index contributed by atoms with van der Waals surface area (Å²) in [5.74, 6) is 0.114. The summed E-state index contributed by atoms with van der Waals surface area (Å²) in [6.07, 6.45) is 1.57. The van der Waals surface area contributed by atoms with Gasteiger partial charge in [-0.2, -0.15) is 0 Å². The molecule has 2 aliphatic heterocycles. The molecule has 2 aliphatic rings. The Morgan fingerprint density at radius 3 is 2.22 bits per heavy atom. The third kappa shape index (κ3) is 4.81. The molecule has 4 rings (SSSR count). The number of aryl methyl sites for hydroxylation is 1. The van der Waals surface area contributed by atoms with Crippen LogP contribution in [0.3, 0.4) is 0 Å². The number of carbonyl (C=O) groups is 2. The summed E-state index contributed by atoms with van der Waals surface area (Å²) in [5, 5.41) is 0.474. The van der Waals surface area contributed by atoms with Crippen LogP contribution in [0.1, 0.15) is 64.7 Å². The van der Waals surface area contributed by atoms with Crippen LogP contribution in [0.4, 0.5) is 0 Å². The number of halogens is 1. The molecule has 2 fully saturated rings. The van der Waals surface area contributed by atoms with Gasteiger partial charge in [0.05, 0.1) is 34.1 Å². The fourth-order valence-electron chi connectivity index (χ4n) is 4.74. The van der Waals surface area contributed by atoms with E-state index in [4.69, 9.17) is 21.3 Å². The smallest absolute Gasteiger partial charge is 0.255 e. The predicted octanol–water partition coefficient (Wildman–Crippen LogP) is 4.31. The number of piperidine rings is 1. The van der Waals surface area contributed by atoms with Crippen LogP contribution in [0.2, 0.25) is 5.02 Å². The van der Waals surface area contributed by atoms with Gasteiger partial charge in [-0.1, -0.05) is 23.7 Å². The number of ether oxygens (including phenoxy) is 1. The van der Waals surface area contributed by atoms with Crippen molar-refractivity contribution in [2.75, 3.05) is 26.2 Å². The fourth-order valence-corrected chi connectivity index (χ4v) is 4.96. The van der Waals surface area contributed by atoms with Crippen molar-refractivity contribution in [1.82, 2.24) is 14.8 Å². The molecule has 170 valence electrons. The summed E-state index contributed by atoms with van der Waals surface area (Å²) in [6.45, 7) is 8.34. The maximum atomic E-state index is 13.4. The van der Waals surface area contributed by atoms with E-state index in [-0.39, 0.29) is 29.9 Å². The van der Waals surface area contributed by atoms with E-state index >= 15 is 0 Å². The fraction of sp³-hybridized carbons (Fsp3) is 0.480. The van der Waals surface area contributed by atoms with Gasteiger partial charge in [-0.05, 0) is 57.9 Å². The van der Waals surface area contributed by atoms with E-state index in [1.165, 1.54) is 0 Å². The number of likely N-dealkylation sites (tertiary alicyclic amines) is 1. The number of pyridine rings is 1. The summed E-state index contributed by atoms with van der Waals surface area (Å²) in [7, 11) is 0. The van der Waals surface area contributed by atoms with Gasteiger partial charge in [-0.25, -0.2) is 0 Å². The van der Waals surface area contributed by atoms with Crippen molar-refractivity contribution in [1.29, 1.82) is 0 Å². The highest BCUT2D eigenvalue weighted by Gasteiger charge is 2.32. The minimum absolute atomic E-state index is 0.0172. The maximum absolute atomic E-state index is 13.4. The number of carbonyl (C=O) groups excluding carboxylic acids is 2. The van der Waals surface area contributed by atoms with Crippen LogP contribution in [0.15, 0.2) is 36.4 Å².